The van der Waals surface area contributed by atoms with Gasteiger partial charge in [0.05, 0.1) is 25.7 Å². The second-order valence-corrected chi connectivity index (χ2v) is 11.9. The minimum Gasteiger partial charge on any atom is -0.355 e. The van der Waals surface area contributed by atoms with Gasteiger partial charge in [-0.15, -0.1) is 0 Å². The molecule has 7 nitrogen and oxygen atoms in total. The van der Waals surface area contributed by atoms with Gasteiger partial charge in [0.2, 0.25) is 11.8 Å². The van der Waals surface area contributed by atoms with Gasteiger partial charge in [0.1, 0.15) is 12.6 Å². The summed E-state index contributed by atoms with van der Waals surface area (Å²) in [5.41, 5.74) is 1.66. The summed E-state index contributed by atoms with van der Waals surface area (Å²) in [4.78, 5) is 28.3. The number of sulfonamides is 1. The Bertz CT molecular complexity index is 1430. The standard InChI is InChI=1S/C28H30Cl3N3O4S/c1-4-25(28(36)32-5-2)33(17-20-12-15-22(29)24(31)16-20)27(35)18-34(26-9-7-6-8-23(26)30)39(37,38)21-13-10-19(3)11-14-21/h6-16,25H,4-5,17-18H2,1-3H3,(H,32,36)/t25-/m1/s1. The van der Waals surface area contributed by atoms with E-state index < -0.39 is 28.5 Å². The molecule has 3 rings (SSSR count). The maximum atomic E-state index is 14.0. The molecule has 2 amide bonds. The molecule has 0 aliphatic heterocycles. The van der Waals surface area contributed by atoms with E-state index in [0.29, 0.717) is 28.6 Å². The summed E-state index contributed by atoms with van der Waals surface area (Å²) in [6.07, 6.45) is 0.301. The predicted molar refractivity (Wildman–Crippen MR) is 157 cm³/mol. The summed E-state index contributed by atoms with van der Waals surface area (Å²) < 4.78 is 28.7. The van der Waals surface area contributed by atoms with Crippen molar-refractivity contribution in [3.8, 4) is 0 Å². The van der Waals surface area contributed by atoms with E-state index in [2.05, 4.69) is 5.32 Å². The summed E-state index contributed by atoms with van der Waals surface area (Å²) >= 11 is 18.7. The van der Waals surface area contributed by atoms with E-state index in [1.54, 1.807) is 62.4 Å². The number of nitrogens with zero attached hydrogens (tertiary/aromatic N) is 2. The van der Waals surface area contributed by atoms with Gasteiger partial charge in [-0.05, 0) is 62.2 Å². The van der Waals surface area contributed by atoms with Crippen LogP contribution in [0.3, 0.4) is 0 Å². The molecule has 0 saturated carbocycles. The molecule has 3 aromatic carbocycles. The summed E-state index contributed by atoms with van der Waals surface area (Å²) in [5.74, 6) is -0.936. The Morgan fingerprint density at radius 1 is 0.897 bits per heavy atom. The average molecular weight is 611 g/mol. The Labute approximate surface area is 244 Å². The number of nitrogens with one attached hydrogen (secondary N) is 1. The summed E-state index contributed by atoms with van der Waals surface area (Å²) in [7, 11) is -4.21. The lowest BCUT2D eigenvalue weighted by molar-refractivity contribution is -0.140. The topological polar surface area (TPSA) is 86.8 Å². The minimum absolute atomic E-state index is 0.00625. The van der Waals surface area contributed by atoms with Crippen LogP contribution in [0.15, 0.2) is 71.6 Å². The van der Waals surface area contributed by atoms with Gasteiger partial charge in [0.25, 0.3) is 10.0 Å². The van der Waals surface area contributed by atoms with E-state index in [4.69, 9.17) is 34.8 Å². The number of rotatable bonds is 11. The van der Waals surface area contributed by atoms with Crippen LogP contribution in [0.2, 0.25) is 15.1 Å². The first-order valence-electron chi connectivity index (χ1n) is 12.3. The maximum Gasteiger partial charge on any atom is 0.264 e. The molecule has 3 aromatic rings. The normalized spacial score (nSPS) is 12.1. The van der Waals surface area contributed by atoms with Crippen molar-refractivity contribution in [2.45, 2.75) is 44.7 Å². The predicted octanol–water partition coefficient (Wildman–Crippen LogP) is 6.09. The third-order valence-corrected chi connectivity index (χ3v) is 8.92. The first-order valence-corrected chi connectivity index (χ1v) is 14.9. The molecule has 0 saturated heterocycles. The number of likely N-dealkylation sites (N-methyl/N-ethyl adjacent to an activating group) is 1. The summed E-state index contributed by atoms with van der Waals surface area (Å²) in [6.45, 7) is 5.20. The molecular weight excluding hydrogens is 581 g/mol. The SMILES string of the molecule is CCNC(=O)[C@@H](CC)N(Cc1ccc(Cl)c(Cl)c1)C(=O)CN(c1ccccc1Cl)S(=O)(=O)c1ccc(C)cc1. The molecule has 1 atom stereocenters. The summed E-state index contributed by atoms with van der Waals surface area (Å²) in [5, 5.41) is 3.57. The number of aryl methyl sites for hydroxylation is 1. The van der Waals surface area contributed by atoms with Crippen molar-refractivity contribution in [3.05, 3.63) is 92.9 Å². The van der Waals surface area contributed by atoms with Crippen LogP contribution in [-0.2, 0) is 26.2 Å². The molecule has 11 heteroatoms. The lowest BCUT2D eigenvalue weighted by Crippen LogP contribution is -2.52. The third kappa shape index (κ3) is 7.45. The van der Waals surface area contributed by atoms with Crippen molar-refractivity contribution >= 4 is 62.3 Å². The zero-order valence-electron chi connectivity index (χ0n) is 21.8. The van der Waals surface area contributed by atoms with Crippen LogP contribution in [0.5, 0.6) is 0 Å². The van der Waals surface area contributed by atoms with Gasteiger partial charge >= 0.3 is 0 Å². The van der Waals surface area contributed by atoms with Gasteiger partial charge in [-0.2, -0.15) is 0 Å². The van der Waals surface area contributed by atoms with Gasteiger partial charge in [-0.25, -0.2) is 8.42 Å². The molecule has 1 N–H and O–H groups in total. The zero-order valence-corrected chi connectivity index (χ0v) is 24.9. The maximum absolute atomic E-state index is 14.0. The Kier molecular flexibility index (Phi) is 10.7. The van der Waals surface area contributed by atoms with Gasteiger partial charge in [-0.1, -0.05) is 77.6 Å². The molecule has 208 valence electrons. The fourth-order valence-corrected chi connectivity index (χ4v) is 6.09. The highest BCUT2D eigenvalue weighted by Crippen LogP contribution is 2.31. The van der Waals surface area contributed by atoms with Crippen molar-refractivity contribution in [1.82, 2.24) is 10.2 Å². The number of anilines is 1. The van der Waals surface area contributed by atoms with Crippen LogP contribution >= 0.6 is 34.8 Å². The van der Waals surface area contributed by atoms with E-state index in [9.17, 15) is 18.0 Å². The lowest BCUT2D eigenvalue weighted by Gasteiger charge is -2.33. The van der Waals surface area contributed by atoms with Crippen molar-refractivity contribution in [1.29, 1.82) is 0 Å². The van der Waals surface area contributed by atoms with Gasteiger partial charge in [0.15, 0.2) is 0 Å². The molecule has 39 heavy (non-hydrogen) atoms. The van der Waals surface area contributed by atoms with Crippen LogP contribution in [0, 0.1) is 6.92 Å². The van der Waals surface area contributed by atoms with E-state index >= 15 is 0 Å². The molecule has 0 spiro atoms. The first kappa shape index (κ1) is 30.8. The second-order valence-electron chi connectivity index (χ2n) is 8.86. The van der Waals surface area contributed by atoms with Crippen molar-refractivity contribution < 1.29 is 18.0 Å². The van der Waals surface area contributed by atoms with Gasteiger partial charge in [-0.3, -0.25) is 13.9 Å². The van der Waals surface area contributed by atoms with E-state index in [-0.39, 0.29) is 28.1 Å². The molecule has 0 bridgehead atoms. The number of halogens is 3. The summed E-state index contributed by atoms with van der Waals surface area (Å²) in [6, 6.07) is 16.8. The Balaban J connectivity index is 2.08. The van der Waals surface area contributed by atoms with Crippen molar-refractivity contribution in [2.24, 2.45) is 0 Å². The number of amides is 2. The number of benzene rings is 3. The number of para-hydroxylation sites is 1. The van der Waals surface area contributed by atoms with E-state index in [1.165, 1.54) is 23.1 Å². The molecule has 0 fully saturated rings. The first-order chi connectivity index (χ1) is 18.5. The highest BCUT2D eigenvalue weighted by atomic mass is 35.5. The minimum atomic E-state index is -4.21. The monoisotopic (exact) mass is 609 g/mol. The van der Waals surface area contributed by atoms with Crippen LogP contribution in [0.4, 0.5) is 5.69 Å². The van der Waals surface area contributed by atoms with Crippen LogP contribution in [0.25, 0.3) is 0 Å². The molecular formula is C28H30Cl3N3O4S. The molecule has 0 radical (unpaired) electrons. The van der Waals surface area contributed by atoms with E-state index in [0.717, 1.165) is 9.87 Å². The lowest BCUT2D eigenvalue weighted by atomic mass is 10.1. The molecule has 0 aliphatic carbocycles. The average Bonchev–Trinajstić information content (AvgIpc) is 2.90. The Hall–Kier alpha value is -2.78. The van der Waals surface area contributed by atoms with Crippen molar-refractivity contribution in [2.75, 3.05) is 17.4 Å². The van der Waals surface area contributed by atoms with Crippen molar-refractivity contribution in [3.63, 3.8) is 0 Å². The Morgan fingerprint density at radius 2 is 1.56 bits per heavy atom. The number of hydrogen-bond donors (Lipinski definition) is 1. The molecule has 0 unspecified atom stereocenters. The molecule has 0 heterocycles. The van der Waals surface area contributed by atoms with Crippen LogP contribution in [0.1, 0.15) is 31.4 Å². The van der Waals surface area contributed by atoms with Gasteiger partial charge < -0.3 is 10.2 Å². The number of hydrogen-bond acceptors (Lipinski definition) is 4. The smallest absolute Gasteiger partial charge is 0.264 e. The third-order valence-electron chi connectivity index (χ3n) is 6.08. The Morgan fingerprint density at radius 3 is 2.15 bits per heavy atom. The quantitative estimate of drug-likeness (QED) is 0.285. The number of carbonyl (C=O) groups is 2. The number of carbonyl (C=O) groups excluding carboxylic acids is 2. The van der Waals surface area contributed by atoms with E-state index in [1.807, 2.05) is 6.92 Å². The second kappa shape index (κ2) is 13.5. The largest absolute Gasteiger partial charge is 0.355 e. The zero-order chi connectivity index (χ0) is 28.7. The molecule has 0 aromatic heterocycles. The fraction of sp³-hybridized carbons (Fsp3) is 0.286. The fourth-order valence-electron chi connectivity index (χ4n) is 4.05. The molecule has 0 aliphatic rings. The van der Waals surface area contributed by atoms with Crippen LogP contribution < -0.4 is 9.62 Å². The highest BCUT2D eigenvalue weighted by molar-refractivity contribution is 7.92. The highest BCUT2D eigenvalue weighted by Gasteiger charge is 2.34. The van der Waals surface area contributed by atoms with Gasteiger partial charge in [0, 0.05) is 13.1 Å². The van der Waals surface area contributed by atoms with Crippen LogP contribution in [-0.4, -0.2) is 44.3 Å².